The van der Waals surface area contributed by atoms with E-state index < -0.39 is 0 Å². The highest BCUT2D eigenvalue weighted by Crippen LogP contribution is 2.33. The molecule has 0 aliphatic carbocycles. The number of thiazole rings is 1. The number of rotatable bonds is 4. The Morgan fingerprint density at radius 2 is 1.89 bits per heavy atom. The monoisotopic (exact) mass is 387 g/mol. The van der Waals surface area contributed by atoms with Gasteiger partial charge in [0.25, 0.3) is 5.91 Å². The van der Waals surface area contributed by atoms with Crippen molar-refractivity contribution in [2.75, 3.05) is 4.90 Å². The number of aryl methyl sites for hydroxylation is 3. The molecule has 0 atom stereocenters. The maximum absolute atomic E-state index is 13.4. The van der Waals surface area contributed by atoms with Crippen molar-refractivity contribution in [3.05, 3.63) is 88.7 Å². The lowest BCUT2D eigenvalue weighted by molar-refractivity contribution is 0.0984. The van der Waals surface area contributed by atoms with Crippen LogP contribution in [-0.4, -0.2) is 15.9 Å². The Kier molecular flexibility index (Phi) is 4.92. The second-order valence-electron chi connectivity index (χ2n) is 6.93. The van der Waals surface area contributed by atoms with Gasteiger partial charge in [-0.1, -0.05) is 41.2 Å². The number of pyridine rings is 1. The molecule has 0 unspecified atom stereocenters. The zero-order chi connectivity index (χ0) is 19.7. The summed E-state index contributed by atoms with van der Waals surface area (Å²) in [4.78, 5) is 24.4. The van der Waals surface area contributed by atoms with Gasteiger partial charge in [0.1, 0.15) is 0 Å². The summed E-state index contributed by atoms with van der Waals surface area (Å²) in [6.07, 6.45) is 1.75. The summed E-state index contributed by atoms with van der Waals surface area (Å²) < 4.78 is 1.08. The maximum Gasteiger partial charge on any atom is 0.260 e. The van der Waals surface area contributed by atoms with Crippen molar-refractivity contribution < 1.29 is 4.79 Å². The summed E-state index contributed by atoms with van der Waals surface area (Å²) in [6, 6.07) is 17.6. The first-order chi connectivity index (χ1) is 13.5. The summed E-state index contributed by atoms with van der Waals surface area (Å²) in [6.45, 7) is 6.53. The molecule has 0 bridgehead atoms. The molecule has 0 N–H and O–H groups in total. The largest absolute Gasteiger partial charge is 0.278 e. The molecule has 2 aromatic heterocycles. The fourth-order valence-corrected chi connectivity index (χ4v) is 4.17. The van der Waals surface area contributed by atoms with Gasteiger partial charge in [-0.05, 0) is 62.2 Å². The molecule has 0 aliphatic heterocycles. The topological polar surface area (TPSA) is 46.1 Å². The third kappa shape index (κ3) is 3.53. The van der Waals surface area contributed by atoms with Crippen LogP contribution in [0.25, 0.3) is 10.2 Å². The smallest absolute Gasteiger partial charge is 0.260 e. The minimum Gasteiger partial charge on any atom is -0.278 e. The number of nitrogens with zero attached hydrogens (tertiary/aromatic N) is 3. The molecule has 140 valence electrons. The molecule has 2 heterocycles. The van der Waals surface area contributed by atoms with Crippen molar-refractivity contribution in [1.82, 2.24) is 9.97 Å². The standard InChI is InChI=1S/C23H21N3OS/c1-15-7-6-8-18(13-15)22(27)26(14-19-9-4-5-12-24-19)23-25-21-17(3)16(2)10-11-20(21)28-23/h4-13H,14H2,1-3H3. The number of fused-ring (bicyclic) bond motifs is 1. The first kappa shape index (κ1) is 18.3. The first-order valence-electron chi connectivity index (χ1n) is 9.18. The zero-order valence-electron chi connectivity index (χ0n) is 16.1. The number of amides is 1. The van der Waals surface area contributed by atoms with Crippen molar-refractivity contribution in [2.45, 2.75) is 27.3 Å². The predicted octanol–water partition coefficient (Wildman–Crippen LogP) is 5.46. The number of aromatic nitrogens is 2. The Morgan fingerprint density at radius 3 is 2.64 bits per heavy atom. The summed E-state index contributed by atoms with van der Waals surface area (Å²) >= 11 is 1.54. The van der Waals surface area contributed by atoms with E-state index in [2.05, 4.69) is 31.0 Å². The van der Waals surface area contributed by atoms with Crippen LogP contribution >= 0.6 is 11.3 Å². The van der Waals surface area contributed by atoms with E-state index in [-0.39, 0.29) is 5.91 Å². The highest BCUT2D eigenvalue weighted by atomic mass is 32.1. The Hall–Kier alpha value is -3.05. The quantitative estimate of drug-likeness (QED) is 0.467. The molecule has 1 amide bonds. The minimum atomic E-state index is -0.0669. The van der Waals surface area contributed by atoms with Crippen molar-refractivity contribution in [2.24, 2.45) is 0 Å². The van der Waals surface area contributed by atoms with Gasteiger partial charge in [0.2, 0.25) is 0 Å². The SMILES string of the molecule is Cc1cccc(C(=O)N(Cc2ccccn2)c2nc3c(C)c(C)ccc3s2)c1. The van der Waals surface area contributed by atoms with Gasteiger partial charge in [0.05, 0.1) is 22.5 Å². The third-order valence-electron chi connectivity index (χ3n) is 4.86. The van der Waals surface area contributed by atoms with Gasteiger partial charge in [-0.2, -0.15) is 0 Å². The van der Waals surface area contributed by atoms with E-state index in [1.165, 1.54) is 5.56 Å². The maximum atomic E-state index is 13.4. The number of anilines is 1. The third-order valence-corrected chi connectivity index (χ3v) is 5.90. The van der Waals surface area contributed by atoms with Crippen molar-refractivity contribution in [1.29, 1.82) is 0 Å². The summed E-state index contributed by atoms with van der Waals surface area (Å²) in [7, 11) is 0. The van der Waals surface area contributed by atoms with Crippen LogP contribution in [0.2, 0.25) is 0 Å². The van der Waals surface area contributed by atoms with E-state index in [1.54, 1.807) is 22.4 Å². The van der Waals surface area contributed by atoms with Gasteiger partial charge in [-0.3, -0.25) is 14.7 Å². The van der Waals surface area contributed by atoms with Crippen molar-refractivity contribution in [3.63, 3.8) is 0 Å². The number of benzene rings is 2. The van der Waals surface area contributed by atoms with Crippen LogP contribution < -0.4 is 4.90 Å². The minimum absolute atomic E-state index is 0.0669. The molecule has 0 aliphatic rings. The molecule has 4 aromatic rings. The summed E-state index contributed by atoms with van der Waals surface area (Å²) in [5, 5.41) is 0.695. The fraction of sp³-hybridized carbons (Fsp3) is 0.174. The van der Waals surface area contributed by atoms with E-state index in [1.807, 2.05) is 49.4 Å². The number of hydrogen-bond donors (Lipinski definition) is 0. The van der Waals surface area contributed by atoms with E-state index in [0.29, 0.717) is 17.2 Å². The molecule has 28 heavy (non-hydrogen) atoms. The Labute approximate surface area is 168 Å². The molecule has 4 rings (SSSR count). The molecule has 5 heteroatoms. The van der Waals surface area contributed by atoms with Crippen LogP contribution in [0.3, 0.4) is 0 Å². The van der Waals surface area contributed by atoms with Gasteiger partial charge in [-0.25, -0.2) is 4.98 Å². The highest BCUT2D eigenvalue weighted by Gasteiger charge is 2.23. The normalized spacial score (nSPS) is 11.0. The van der Waals surface area contributed by atoms with Crippen LogP contribution in [0, 0.1) is 20.8 Å². The number of carbonyl (C=O) groups is 1. The van der Waals surface area contributed by atoms with Crippen LogP contribution in [0.15, 0.2) is 60.8 Å². The van der Waals surface area contributed by atoms with Gasteiger partial charge in [0, 0.05) is 11.8 Å². The van der Waals surface area contributed by atoms with Crippen molar-refractivity contribution >= 4 is 32.6 Å². The average molecular weight is 388 g/mol. The molecule has 0 saturated heterocycles. The van der Waals surface area contributed by atoms with Crippen molar-refractivity contribution in [3.8, 4) is 0 Å². The summed E-state index contributed by atoms with van der Waals surface area (Å²) in [5.41, 5.74) is 5.85. The first-order valence-corrected chi connectivity index (χ1v) is 10.00. The lowest BCUT2D eigenvalue weighted by atomic mass is 10.1. The lowest BCUT2D eigenvalue weighted by Crippen LogP contribution is -2.30. The predicted molar refractivity (Wildman–Crippen MR) is 115 cm³/mol. The highest BCUT2D eigenvalue weighted by molar-refractivity contribution is 7.22. The van der Waals surface area contributed by atoms with Crippen LogP contribution in [0.4, 0.5) is 5.13 Å². The molecule has 0 radical (unpaired) electrons. The van der Waals surface area contributed by atoms with Crippen LogP contribution in [0.1, 0.15) is 32.7 Å². The fourth-order valence-electron chi connectivity index (χ4n) is 3.14. The molecule has 0 fully saturated rings. The Balaban J connectivity index is 1.80. The summed E-state index contributed by atoms with van der Waals surface area (Å²) in [5.74, 6) is -0.0669. The molecular formula is C23H21N3OS. The van der Waals surface area contributed by atoms with Crippen LogP contribution in [0.5, 0.6) is 0 Å². The molecule has 4 nitrogen and oxygen atoms in total. The Bertz CT molecular complexity index is 1150. The van der Waals surface area contributed by atoms with Gasteiger partial charge >= 0.3 is 0 Å². The number of hydrogen-bond acceptors (Lipinski definition) is 4. The molecule has 0 spiro atoms. The van der Waals surface area contributed by atoms with E-state index in [0.717, 1.165) is 27.0 Å². The Morgan fingerprint density at radius 1 is 1.04 bits per heavy atom. The average Bonchev–Trinajstić information content (AvgIpc) is 3.14. The van der Waals surface area contributed by atoms with E-state index in [4.69, 9.17) is 4.98 Å². The molecule has 2 aromatic carbocycles. The second kappa shape index (κ2) is 7.52. The number of carbonyl (C=O) groups excluding carboxylic acids is 1. The second-order valence-corrected chi connectivity index (χ2v) is 7.94. The van der Waals surface area contributed by atoms with E-state index >= 15 is 0 Å². The van der Waals surface area contributed by atoms with Gasteiger partial charge in [-0.15, -0.1) is 0 Å². The van der Waals surface area contributed by atoms with E-state index in [9.17, 15) is 4.79 Å². The van der Waals surface area contributed by atoms with Crippen LogP contribution in [-0.2, 0) is 6.54 Å². The zero-order valence-corrected chi connectivity index (χ0v) is 17.0. The molecular weight excluding hydrogens is 366 g/mol. The lowest BCUT2D eigenvalue weighted by Gasteiger charge is -2.20. The molecule has 0 saturated carbocycles. The van der Waals surface area contributed by atoms with Gasteiger partial charge in [0.15, 0.2) is 5.13 Å². The van der Waals surface area contributed by atoms with Gasteiger partial charge < -0.3 is 0 Å².